The van der Waals surface area contributed by atoms with Crippen molar-refractivity contribution in [3.05, 3.63) is 0 Å². The lowest BCUT2D eigenvalue weighted by atomic mass is 10.6. The predicted octanol–water partition coefficient (Wildman–Crippen LogP) is 1.65. The van der Waals surface area contributed by atoms with Crippen LogP contribution >= 0.6 is 0 Å². The molecule has 0 aromatic heterocycles. The van der Waals surface area contributed by atoms with Crippen molar-refractivity contribution in [2.75, 3.05) is 6.79 Å². The van der Waals surface area contributed by atoms with Gasteiger partial charge in [-0.3, -0.25) is 4.74 Å². The van der Waals surface area contributed by atoms with Gasteiger partial charge in [0.05, 0.1) is 0 Å². The van der Waals surface area contributed by atoms with Gasteiger partial charge in [-0.1, -0.05) is 0 Å². The molecule has 0 radical (unpaired) electrons. The molecule has 0 spiro atoms. The van der Waals surface area contributed by atoms with Gasteiger partial charge in [-0.25, -0.2) is 13.7 Å². The van der Waals surface area contributed by atoms with Crippen molar-refractivity contribution in [3.8, 4) is 0 Å². The fraction of sp³-hybridized carbons (Fsp3) is 1.00. The third-order valence-corrected chi connectivity index (χ3v) is 1.00. The predicted molar refractivity (Wildman–Crippen MR) is 31.1 cm³/mol. The van der Waals surface area contributed by atoms with Gasteiger partial charge in [0.2, 0.25) is 6.29 Å². The summed E-state index contributed by atoms with van der Waals surface area (Å²) in [5.41, 5.74) is 0. The summed E-state index contributed by atoms with van der Waals surface area (Å²) in [5.74, 6) is 0. The molecule has 1 atom stereocenters. The minimum Gasteiger partial charge on any atom is -0.361 e. The highest BCUT2D eigenvalue weighted by Crippen LogP contribution is 2.36. The van der Waals surface area contributed by atoms with Crippen LogP contribution < -0.4 is 0 Å². The first-order chi connectivity index (χ1) is 7.08. The fourth-order valence-corrected chi connectivity index (χ4v) is 0.319. The maximum atomic E-state index is 11.9. The number of alkyl halides is 7. The van der Waals surface area contributed by atoms with Crippen LogP contribution in [0.2, 0.25) is 0 Å². The second-order valence-electron chi connectivity index (χ2n) is 2.22. The molecule has 16 heavy (non-hydrogen) atoms. The molecule has 0 aliphatic rings. The van der Waals surface area contributed by atoms with E-state index in [1.165, 1.54) is 0 Å². The maximum absolute atomic E-state index is 11.9. The first-order valence-electron chi connectivity index (χ1n) is 3.41. The monoisotopic (exact) mass is 262 g/mol. The summed E-state index contributed by atoms with van der Waals surface area (Å²) in [4.78, 5) is 6.65. The Bertz CT molecular complexity index is 205. The van der Waals surface area contributed by atoms with Crippen molar-refractivity contribution in [1.29, 1.82) is 0 Å². The number of aliphatic hydroxyl groups is 1. The van der Waals surface area contributed by atoms with Gasteiger partial charge in [0.1, 0.15) is 0 Å². The summed E-state index contributed by atoms with van der Waals surface area (Å²) >= 11 is 0. The first kappa shape index (κ1) is 15.3. The molecule has 4 nitrogen and oxygen atoms in total. The molecular formula is C5H5F7O4. The molecule has 98 valence electrons. The summed E-state index contributed by atoms with van der Waals surface area (Å²) in [5, 5.41) is 8.15. The molecular weight excluding hydrogens is 257 g/mol. The Morgan fingerprint density at radius 3 is 1.94 bits per heavy atom. The quantitative estimate of drug-likeness (QED) is 0.260. The van der Waals surface area contributed by atoms with Crippen LogP contribution in [0.3, 0.4) is 0 Å². The van der Waals surface area contributed by atoms with Gasteiger partial charge in [0, 0.05) is 0 Å². The molecule has 0 fully saturated rings. The largest absolute Gasteiger partial charge is 0.483 e. The highest BCUT2D eigenvalue weighted by atomic mass is 19.4. The van der Waals surface area contributed by atoms with Gasteiger partial charge >= 0.3 is 12.3 Å². The molecule has 11 heteroatoms. The minimum atomic E-state index is -5.97. The smallest absolute Gasteiger partial charge is 0.361 e. The number of hydrogen-bond donors (Lipinski definition) is 1. The SMILES string of the molecule is OC(OOCOC(F)(F)C(F)(F)F)C(F)F. The van der Waals surface area contributed by atoms with E-state index in [1.807, 2.05) is 0 Å². The Labute approximate surface area is 83.4 Å². The third-order valence-electron chi connectivity index (χ3n) is 1.00. The molecule has 1 N–H and O–H groups in total. The normalized spacial score (nSPS) is 15.6. The van der Waals surface area contributed by atoms with Gasteiger partial charge < -0.3 is 5.11 Å². The second kappa shape index (κ2) is 5.61. The molecule has 0 amide bonds. The lowest BCUT2D eigenvalue weighted by Gasteiger charge is -2.19. The molecule has 0 saturated carbocycles. The Kier molecular flexibility index (Phi) is 5.38. The number of ether oxygens (including phenoxy) is 1. The molecule has 1 unspecified atom stereocenters. The van der Waals surface area contributed by atoms with Crippen molar-refractivity contribution in [3.63, 3.8) is 0 Å². The number of hydrogen-bond acceptors (Lipinski definition) is 4. The van der Waals surface area contributed by atoms with Crippen LogP contribution in [0.15, 0.2) is 0 Å². The van der Waals surface area contributed by atoms with E-state index in [9.17, 15) is 30.7 Å². The van der Waals surface area contributed by atoms with E-state index in [4.69, 9.17) is 5.11 Å². The molecule has 0 heterocycles. The van der Waals surface area contributed by atoms with Crippen molar-refractivity contribution in [2.45, 2.75) is 25.0 Å². The van der Waals surface area contributed by atoms with Gasteiger partial charge in [-0.15, -0.1) is 0 Å². The van der Waals surface area contributed by atoms with Crippen LogP contribution in [0.1, 0.15) is 0 Å². The van der Waals surface area contributed by atoms with Crippen molar-refractivity contribution in [2.24, 2.45) is 0 Å². The van der Waals surface area contributed by atoms with E-state index in [2.05, 4.69) is 14.5 Å². The Morgan fingerprint density at radius 2 is 1.56 bits per heavy atom. The highest BCUT2D eigenvalue weighted by molar-refractivity contribution is 4.62. The van der Waals surface area contributed by atoms with Gasteiger partial charge in [0.25, 0.3) is 6.43 Å². The van der Waals surface area contributed by atoms with Gasteiger partial charge in [-0.2, -0.15) is 26.8 Å². The van der Waals surface area contributed by atoms with Crippen LogP contribution in [0.25, 0.3) is 0 Å². The van der Waals surface area contributed by atoms with E-state index in [0.29, 0.717) is 0 Å². The first-order valence-corrected chi connectivity index (χ1v) is 3.41. The summed E-state index contributed by atoms with van der Waals surface area (Å²) in [6.45, 7) is -1.80. The molecule has 0 aromatic rings. The lowest BCUT2D eigenvalue weighted by molar-refractivity contribution is -0.464. The van der Waals surface area contributed by atoms with Gasteiger partial charge in [0.15, 0.2) is 6.79 Å². The van der Waals surface area contributed by atoms with Crippen molar-refractivity contribution >= 4 is 0 Å². The van der Waals surface area contributed by atoms with E-state index < -0.39 is 31.8 Å². The average molecular weight is 262 g/mol. The zero-order valence-corrected chi connectivity index (χ0v) is 7.18. The highest BCUT2D eigenvalue weighted by Gasteiger charge is 2.59. The Balaban J connectivity index is 3.83. The van der Waals surface area contributed by atoms with Crippen molar-refractivity contribution in [1.82, 2.24) is 0 Å². The van der Waals surface area contributed by atoms with Crippen LogP contribution in [-0.2, 0) is 14.5 Å². The number of halogens is 7. The molecule has 0 bridgehead atoms. The summed E-state index contributed by atoms with van der Waals surface area (Å²) in [6, 6.07) is 0. The van der Waals surface area contributed by atoms with Gasteiger partial charge in [-0.05, 0) is 0 Å². The summed E-state index contributed by atoms with van der Waals surface area (Å²) in [7, 11) is 0. The minimum absolute atomic E-state index is 1.80. The molecule has 0 aliphatic carbocycles. The van der Waals surface area contributed by atoms with Crippen LogP contribution in [-0.4, -0.2) is 36.9 Å². The molecule has 0 aromatic carbocycles. The van der Waals surface area contributed by atoms with E-state index >= 15 is 0 Å². The Morgan fingerprint density at radius 1 is 1.06 bits per heavy atom. The molecule has 0 saturated heterocycles. The van der Waals surface area contributed by atoms with Crippen molar-refractivity contribution < 1.29 is 50.4 Å². The van der Waals surface area contributed by atoms with E-state index in [0.717, 1.165) is 0 Å². The standard InChI is InChI=1S/C5H5F7O4/c6-2(7)3(13)16-15-1-14-5(11,12)4(8,9)10/h2-3,13H,1H2. The zero-order chi connectivity index (χ0) is 13.0. The molecule has 0 rings (SSSR count). The zero-order valence-electron chi connectivity index (χ0n) is 7.18. The van der Waals surface area contributed by atoms with Crippen LogP contribution in [0.5, 0.6) is 0 Å². The Hall–Kier alpha value is -0.650. The average Bonchev–Trinajstić information content (AvgIpc) is 2.09. The fourth-order valence-electron chi connectivity index (χ4n) is 0.319. The van der Waals surface area contributed by atoms with Crippen LogP contribution in [0, 0.1) is 0 Å². The second-order valence-corrected chi connectivity index (χ2v) is 2.22. The maximum Gasteiger partial charge on any atom is 0.483 e. The topological polar surface area (TPSA) is 47.9 Å². The van der Waals surface area contributed by atoms with E-state index in [-0.39, 0.29) is 0 Å². The molecule has 0 aliphatic heterocycles. The van der Waals surface area contributed by atoms with Crippen LogP contribution in [0.4, 0.5) is 30.7 Å². The van der Waals surface area contributed by atoms with E-state index in [1.54, 1.807) is 0 Å². The third kappa shape index (κ3) is 4.92. The number of aliphatic hydroxyl groups excluding tert-OH is 1. The lowest BCUT2D eigenvalue weighted by Crippen LogP contribution is -2.39. The summed E-state index contributed by atoms with van der Waals surface area (Å²) in [6.07, 6.45) is -17.7. The summed E-state index contributed by atoms with van der Waals surface area (Å²) < 4.78 is 83.8. The number of rotatable bonds is 6.